The van der Waals surface area contributed by atoms with E-state index in [4.69, 9.17) is 0 Å². The second kappa shape index (κ2) is 6.92. The highest BCUT2D eigenvalue weighted by Crippen LogP contribution is 2.07. The number of nitrogens with zero attached hydrogens (tertiary/aromatic N) is 2. The van der Waals surface area contributed by atoms with Crippen LogP contribution in [0.5, 0.6) is 0 Å². The van der Waals surface area contributed by atoms with Crippen molar-refractivity contribution < 1.29 is 4.79 Å². The summed E-state index contributed by atoms with van der Waals surface area (Å²) in [4.78, 5) is 12.1. The van der Waals surface area contributed by atoms with Crippen LogP contribution in [0, 0.1) is 6.92 Å². The summed E-state index contributed by atoms with van der Waals surface area (Å²) in [5.41, 5.74) is 4.04. The molecule has 116 valence electrons. The van der Waals surface area contributed by atoms with E-state index in [1.807, 2.05) is 60.3 Å². The molecule has 0 aliphatic rings. The van der Waals surface area contributed by atoms with Crippen molar-refractivity contribution in [3.63, 3.8) is 0 Å². The standard InChI is InChI=1S/C19H19N3O/c1-15-4-2-5-18(12-15)19(23)20-13-16-6-8-17(9-7-16)14-22-11-3-10-21-22/h2-12H,13-14H2,1H3,(H,20,23). The smallest absolute Gasteiger partial charge is 0.251 e. The predicted octanol–water partition coefficient (Wildman–Crippen LogP) is 3.17. The SMILES string of the molecule is Cc1cccc(C(=O)NCc2ccc(Cn3cccn3)cc2)c1. The van der Waals surface area contributed by atoms with E-state index in [0.717, 1.165) is 17.7 Å². The fourth-order valence-electron chi connectivity index (χ4n) is 2.41. The molecule has 4 heteroatoms. The van der Waals surface area contributed by atoms with Crippen molar-refractivity contribution in [1.29, 1.82) is 0 Å². The average molecular weight is 305 g/mol. The van der Waals surface area contributed by atoms with Gasteiger partial charge in [-0.2, -0.15) is 5.10 Å². The summed E-state index contributed by atoms with van der Waals surface area (Å²) < 4.78 is 1.88. The lowest BCUT2D eigenvalue weighted by molar-refractivity contribution is 0.0951. The second-order valence-corrected chi connectivity index (χ2v) is 5.57. The number of hydrogen-bond donors (Lipinski definition) is 1. The highest BCUT2D eigenvalue weighted by atomic mass is 16.1. The summed E-state index contributed by atoms with van der Waals surface area (Å²) in [6, 6.07) is 17.7. The van der Waals surface area contributed by atoms with Gasteiger partial charge in [0, 0.05) is 24.5 Å². The van der Waals surface area contributed by atoms with Crippen molar-refractivity contribution in [2.45, 2.75) is 20.0 Å². The van der Waals surface area contributed by atoms with Crippen LogP contribution >= 0.6 is 0 Å². The Kier molecular flexibility index (Phi) is 4.52. The molecular formula is C19H19N3O. The highest BCUT2D eigenvalue weighted by molar-refractivity contribution is 5.94. The van der Waals surface area contributed by atoms with Gasteiger partial charge in [-0.15, -0.1) is 0 Å². The molecule has 1 amide bonds. The van der Waals surface area contributed by atoms with Gasteiger partial charge >= 0.3 is 0 Å². The zero-order chi connectivity index (χ0) is 16.1. The minimum absolute atomic E-state index is 0.0469. The van der Waals surface area contributed by atoms with Crippen LogP contribution in [0.4, 0.5) is 0 Å². The maximum atomic E-state index is 12.1. The summed E-state index contributed by atoms with van der Waals surface area (Å²) in [5, 5.41) is 7.14. The van der Waals surface area contributed by atoms with Gasteiger partial charge in [0.15, 0.2) is 0 Å². The first-order valence-corrected chi connectivity index (χ1v) is 7.61. The first kappa shape index (κ1) is 15.0. The number of aryl methyl sites for hydroxylation is 1. The number of carbonyl (C=O) groups excluding carboxylic acids is 1. The van der Waals surface area contributed by atoms with E-state index in [2.05, 4.69) is 22.5 Å². The van der Waals surface area contributed by atoms with Crippen molar-refractivity contribution in [3.8, 4) is 0 Å². The number of amides is 1. The Bertz CT molecular complexity index is 777. The molecule has 4 nitrogen and oxygen atoms in total. The lowest BCUT2D eigenvalue weighted by Gasteiger charge is -2.07. The van der Waals surface area contributed by atoms with Crippen LogP contribution in [0.1, 0.15) is 27.0 Å². The van der Waals surface area contributed by atoms with Crippen molar-refractivity contribution in [3.05, 3.63) is 89.2 Å². The summed E-state index contributed by atoms with van der Waals surface area (Å²) in [7, 11) is 0. The van der Waals surface area contributed by atoms with E-state index in [9.17, 15) is 4.79 Å². The summed E-state index contributed by atoms with van der Waals surface area (Å²) >= 11 is 0. The van der Waals surface area contributed by atoms with Crippen LogP contribution in [0.15, 0.2) is 67.0 Å². The molecule has 3 rings (SSSR count). The fourth-order valence-corrected chi connectivity index (χ4v) is 2.41. The van der Waals surface area contributed by atoms with Gasteiger partial charge in [0.05, 0.1) is 6.54 Å². The molecule has 0 saturated carbocycles. The minimum atomic E-state index is -0.0469. The summed E-state index contributed by atoms with van der Waals surface area (Å²) in [6.07, 6.45) is 3.71. The van der Waals surface area contributed by atoms with E-state index < -0.39 is 0 Å². The van der Waals surface area contributed by atoms with E-state index in [0.29, 0.717) is 12.1 Å². The van der Waals surface area contributed by atoms with Gasteiger partial charge in [-0.05, 0) is 36.2 Å². The Morgan fingerprint density at radius 1 is 1.09 bits per heavy atom. The Balaban J connectivity index is 1.57. The van der Waals surface area contributed by atoms with Crippen molar-refractivity contribution in [1.82, 2.24) is 15.1 Å². The van der Waals surface area contributed by atoms with Crippen molar-refractivity contribution in [2.24, 2.45) is 0 Å². The normalized spacial score (nSPS) is 10.5. The van der Waals surface area contributed by atoms with Crippen LogP contribution in [-0.4, -0.2) is 15.7 Å². The molecule has 0 aliphatic carbocycles. The number of aromatic nitrogens is 2. The zero-order valence-electron chi connectivity index (χ0n) is 13.1. The fraction of sp³-hybridized carbons (Fsp3) is 0.158. The number of rotatable bonds is 5. The number of benzene rings is 2. The Morgan fingerprint density at radius 3 is 2.57 bits per heavy atom. The lowest BCUT2D eigenvalue weighted by Crippen LogP contribution is -2.22. The van der Waals surface area contributed by atoms with Gasteiger partial charge in [0.1, 0.15) is 0 Å². The quantitative estimate of drug-likeness (QED) is 0.787. The van der Waals surface area contributed by atoms with Gasteiger partial charge in [0.25, 0.3) is 5.91 Å². The van der Waals surface area contributed by atoms with Crippen LogP contribution < -0.4 is 5.32 Å². The first-order valence-electron chi connectivity index (χ1n) is 7.61. The molecule has 0 atom stereocenters. The molecule has 3 aromatic rings. The molecule has 2 aromatic carbocycles. The maximum Gasteiger partial charge on any atom is 0.251 e. The molecule has 0 bridgehead atoms. The van der Waals surface area contributed by atoms with Crippen molar-refractivity contribution in [2.75, 3.05) is 0 Å². The predicted molar refractivity (Wildman–Crippen MR) is 90.1 cm³/mol. The zero-order valence-corrected chi connectivity index (χ0v) is 13.1. The van der Waals surface area contributed by atoms with E-state index in [-0.39, 0.29) is 5.91 Å². The molecule has 0 saturated heterocycles. The molecule has 0 unspecified atom stereocenters. The number of nitrogens with one attached hydrogen (secondary N) is 1. The van der Waals surface area contributed by atoms with Crippen LogP contribution in [0.3, 0.4) is 0 Å². The average Bonchev–Trinajstić information content (AvgIpc) is 3.07. The van der Waals surface area contributed by atoms with Gasteiger partial charge in [-0.25, -0.2) is 0 Å². The highest BCUT2D eigenvalue weighted by Gasteiger charge is 2.05. The summed E-state index contributed by atoms with van der Waals surface area (Å²) in [6.45, 7) is 3.26. The Morgan fingerprint density at radius 2 is 1.87 bits per heavy atom. The molecule has 1 aromatic heterocycles. The second-order valence-electron chi connectivity index (χ2n) is 5.57. The van der Waals surface area contributed by atoms with Gasteiger partial charge < -0.3 is 5.32 Å². The Hall–Kier alpha value is -2.88. The first-order chi connectivity index (χ1) is 11.2. The van der Waals surface area contributed by atoms with Gasteiger partial charge in [0.2, 0.25) is 0 Å². The summed E-state index contributed by atoms with van der Waals surface area (Å²) in [5.74, 6) is -0.0469. The van der Waals surface area contributed by atoms with E-state index >= 15 is 0 Å². The number of carbonyl (C=O) groups is 1. The molecule has 0 aliphatic heterocycles. The molecule has 1 heterocycles. The third-order valence-corrected chi connectivity index (χ3v) is 3.66. The van der Waals surface area contributed by atoms with E-state index in [1.54, 1.807) is 6.20 Å². The van der Waals surface area contributed by atoms with Crippen LogP contribution in [0.25, 0.3) is 0 Å². The van der Waals surface area contributed by atoms with Gasteiger partial charge in [-0.1, -0.05) is 42.0 Å². The maximum absolute atomic E-state index is 12.1. The number of hydrogen-bond acceptors (Lipinski definition) is 2. The molecule has 0 fully saturated rings. The largest absolute Gasteiger partial charge is 0.348 e. The monoisotopic (exact) mass is 305 g/mol. The third-order valence-electron chi connectivity index (χ3n) is 3.66. The molecule has 0 radical (unpaired) electrons. The van der Waals surface area contributed by atoms with E-state index in [1.165, 1.54) is 5.56 Å². The lowest BCUT2D eigenvalue weighted by atomic mass is 10.1. The molecular weight excluding hydrogens is 286 g/mol. The molecule has 1 N–H and O–H groups in total. The van der Waals surface area contributed by atoms with Gasteiger partial charge in [-0.3, -0.25) is 9.48 Å². The minimum Gasteiger partial charge on any atom is -0.348 e. The van der Waals surface area contributed by atoms with Crippen molar-refractivity contribution >= 4 is 5.91 Å². The molecule has 0 spiro atoms. The topological polar surface area (TPSA) is 46.9 Å². The Labute approximate surface area is 135 Å². The molecule has 23 heavy (non-hydrogen) atoms. The third kappa shape index (κ3) is 4.07. The van der Waals surface area contributed by atoms with Crippen LogP contribution in [0.2, 0.25) is 0 Å². The van der Waals surface area contributed by atoms with Crippen LogP contribution in [-0.2, 0) is 13.1 Å².